The molecule has 0 aliphatic heterocycles. The maximum Gasteiger partial charge on any atom is 0.101 e. The molecular formula is C18H20N+. The van der Waals surface area contributed by atoms with E-state index in [1.54, 1.807) is 0 Å². The summed E-state index contributed by atoms with van der Waals surface area (Å²) < 4.78 is 0.712. The van der Waals surface area contributed by atoms with Crippen LogP contribution in [0.1, 0.15) is 11.1 Å². The Morgan fingerprint density at radius 1 is 0.632 bits per heavy atom. The van der Waals surface area contributed by atoms with Crippen molar-refractivity contribution in [2.45, 2.75) is 0 Å². The van der Waals surface area contributed by atoms with Crippen molar-refractivity contribution < 1.29 is 4.48 Å². The van der Waals surface area contributed by atoms with Crippen LogP contribution in [-0.4, -0.2) is 18.6 Å². The number of quaternary nitrogens is 1. The van der Waals surface area contributed by atoms with Crippen molar-refractivity contribution in [1.29, 1.82) is 0 Å². The standard InChI is InChI=1S/C18H20N/c1-19(2,15-13-17-9-5-3-6-10-17)16-14-18-11-7-4-8-12-18/h3-16H,1-2H3/q+1/b15-13+,16-14+. The van der Waals surface area contributed by atoms with Gasteiger partial charge in [-0.15, -0.1) is 0 Å². The first kappa shape index (κ1) is 13.3. The molecule has 0 atom stereocenters. The van der Waals surface area contributed by atoms with E-state index >= 15 is 0 Å². The van der Waals surface area contributed by atoms with E-state index in [-0.39, 0.29) is 0 Å². The van der Waals surface area contributed by atoms with E-state index in [9.17, 15) is 0 Å². The molecule has 0 amide bonds. The van der Waals surface area contributed by atoms with Crippen LogP contribution in [-0.2, 0) is 0 Å². The Labute approximate surface area is 115 Å². The Kier molecular flexibility index (Phi) is 4.32. The molecule has 0 aliphatic rings. The van der Waals surface area contributed by atoms with Crippen molar-refractivity contribution in [2.24, 2.45) is 0 Å². The van der Waals surface area contributed by atoms with E-state index in [4.69, 9.17) is 0 Å². The molecule has 0 spiro atoms. The van der Waals surface area contributed by atoms with Gasteiger partial charge in [0.2, 0.25) is 0 Å². The van der Waals surface area contributed by atoms with Gasteiger partial charge in [0.15, 0.2) is 0 Å². The first-order valence-corrected chi connectivity index (χ1v) is 6.48. The Balaban J connectivity index is 2.06. The second kappa shape index (κ2) is 6.17. The molecule has 0 heterocycles. The predicted octanol–water partition coefficient (Wildman–Crippen LogP) is 4.40. The summed E-state index contributed by atoms with van der Waals surface area (Å²) in [6.45, 7) is 0. The van der Waals surface area contributed by atoms with E-state index in [0.717, 1.165) is 0 Å². The summed E-state index contributed by atoms with van der Waals surface area (Å²) in [6, 6.07) is 20.7. The molecule has 0 bridgehead atoms. The fourth-order valence-corrected chi connectivity index (χ4v) is 1.73. The molecule has 2 rings (SSSR count). The van der Waals surface area contributed by atoms with E-state index < -0.39 is 0 Å². The maximum absolute atomic E-state index is 2.18. The first-order chi connectivity index (χ1) is 9.16. The normalized spacial score (nSPS) is 12.3. The minimum Gasteiger partial charge on any atom is -0.276 e. The Morgan fingerprint density at radius 3 is 1.37 bits per heavy atom. The highest BCUT2D eigenvalue weighted by Gasteiger charge is 2.05. The summed E-state index contributed by atoms with van der Waals surface area (Å²) in [4.78, 5) is 0. The Hall–Kier alpha value is -2.12. The molecule has 2 aromatic carbocycles. The quantitative estimate of drug-likeness (QED) is 0.705. The third-order valence-electron chi connectivity index (χ3n) is 2.90. The van der Waals surface area contributed by atoms with Crippen LogP contribution in [0.25, 0.3) is 12.2 Å². The zero-order chi connectivity index (χ0) is 13.6. The molecule has 0 saturated carbocycles. The van der Waals surface area contributed by atoms with Crippen LogP contribution in [0.5, 0.6) is 0 Å². The molecule has 0 unspecified atom stereocenters. The molecule has 96 valence electrons. The molecule has 0 aliphatic carbocycles. The first-order valence-electron chi connectivity index (χ1n) is 6.48. The van der Waals surface area contributed by atoms with Gasteiger partial charge in [0.25, 0.3) is 0 Å². The lowest BCUT2D eigenvalue weighted by Gasteiger charge is -2.19. The van der Waals surface area contributed by atoms with Crippen molar-refractivity contribution in [2.75, 3.05) is 14.1 Å². The molecule has 0 fully saturated rings. The van der Waals surface area contributed by atoms with Crippen molar-refractivity contribution in [3.05, 3.63) is 84.2 Å². The van der Waals surface area contributed by atoms with Gasteiger partial charge < -0.3 is 0 Å². The number of hydrogen-bond acceptors (Lipinski definition) is 0. The van der Waals surface area contributed by atoms with Crippen LogP contribution < -0.4 is 0 Å². The lowest BCUT2D eigenvalue weighted by atomic mass is 10.2. The fraction of sp³-hybridized carbons (Fsp3) is 0.111. The lowest BCUT2D eigenvalue weighted by molar-refractivity contribution is -0.782. The van der Waals surface area contributed by atoms with Crippen LogP contribution in [0.2, 0.25) is 0 Å². The van der Waals surface area contributed by atoms with Crippen molar-refractivity contribution >= 4 is 12.2 Å². The van der Waals surface area contributed by atoms with Crippen LogP contribution in [0.4, 0.5) is 0 Å². The smallest absolute Gasteiger partial charge is 0.101 e. The second-order valence-corrected chi connectivity index (χ2v) is 5.08. The zero-order valence-electron chi connectivity index (χ0n) is 11.5. The molecule has 19 heavy (non-hydrogen) atoms. The minimum absolute atomic E-state index is 0.712. The summed E-state index contributed by atoms with van der Waals surface area (Å²) in [6.07, 6.45) is 8.65. The molecule has 0 saturated heterocycles. The van der Waals surface area contributed by atoms with Crippen molar-refractivity contribution in [3.63, 3.8) is 0 Å². The van der Waals surface area contributed by atoms with Crippen LogP contribution in [0, 0.1) is 0 Å². The molecule has 0 radical (unpaired) electrons. The maximum atomic E-state index is 2.18. The van der Waals surface area contributed by atoms with Crippen molar-refractivity contribution in [1.82, 2.24) is 0 Å². The van der Waals surface area contributed by atoms with Crippen LogP contribution >= 0.6 is 0 Å². The molecule has 0 aromatic heterocycles. The minimum atomic E-state index is 0.712. The number of nitrogens with zero attached hydrogens (tertiary/aromatic N) is 1. The third-order valence-corrected chi connectivity index (χ3v) is 2.90. The average molecular weight is 250 g/mol. The van der Waals surface area contributed by atoms with E-state index in [0.29, 0.717) is 4.48 Å². The van der Waals surface area contributed by atoms with Gasteiger partial charge in [0.1, 0.15) is 12.4 Å². The van der Waals surface area contributed by atoms with Gasteiger partial charge >= 0.3 is 0 Å². The van der Waals surface area contributed by atoms with Gasteiger partial charge in [-0.1, -0.05) is 60.7 Å². The number of rotatable bonds is 4. The average Bonchev–Trinajstić information content (AvgIpc) is 2.46. The highest BCUT2D eigenvalue weighted by Crippen LogP contribution is 2.09. The number of hydrogen-bond donors (Lipinski definition) is 0. The van der Waals surface area contributed by atoms with Crippen molar-refractivity contribution in [3.8, 4) is 0 Å². The van der Waals surface area contributed by atoms with Gasteiger partial charge in [-0.25, -0.2) is 0 Å². The van der Waals surface area contributed by atoms with Gasteiger partial charge in [-0.2, -0.15) is 0 Å². The lowest BCUT2D eigenvalue weighted by Crippen LogP contribution is -2.25. The summed E-state index contributed by atoms with van der Waals surface area (Å²) in [5.74, 6) is 0. The SMILES string of the molecule is C[N+](C)(/C=C/c1ccccc1)/C=C/c1ccccc1. The molecular weight excluding hydrogens is 230 g/mol. The largest absolute Gasteiger partial charge is 0.276 e. The van der Waals surface area contributed by atoms with E-state index in [2.05, 4.69) is 87.2 Å². The van der Waals surface area contributed by atoms with E-state index in [1.807, 2.05) is 12.1 Å². The monoisotopic (exact) mass is 250 g/mol. The fourth-order valence-electron chi connectivity index (χ4n) is 1.73. The zero-order valence-corrected chi connectivity index (χ0v) is 11.5. The van der Waals surface area contributed by atoms with Gasteiger partial charge in [-0.3, -0.25) is 4.48 Å². The summed E-state index contributed by atoms with van der Waals surface area (Å²) in [7, 11) is 4.30. The highest BCUT2D eigenvalue weighted by molar-refractivity contribution is 5.49. The van der Waals surface area contributed by atoms with Crippen LogP contribution in [0.3, 0.4) is 0 Å². The highest BCUT2D eigenvalue weighted by atomic mass is 15.3. The predicted molar refractivity (Wildman–Crippen MR) is 83.1 cm³/mol. The third kappa shape index (κ3) is 4.57. The molecule has 0 N–H and O–H groups in total. The summed E-state index contributed by atoms with van der Waals surface area (Å²) in [5.41, 5.74) is 2.45. The van der Waals surface area contributed by atoms with Crippen LogP contribution in [0.15, 0.2) is 73.1 Å². The van der Waals surface area contributed by atoms with E-state index in [1.165, 1.54) is 11.1 Å². The topological polar surface area (TPSA) is 0 Å². The van der Waals surface area contributed by atoms with Gasteiger partial charge in [0, 0.05) is 0 Å². The second-order valence-electron chi connectivity index (χ2n) is 5.08. The molecule has 2 aromatic rings. The van der Waals surface area contributed by atoms with Gasteiger partial charge in [0.05, 0.1) is 14.1 Å². The van der Waals surface area contributed by atoms with Gasteiger partial charge in [-0.05, 0) is 23.3 Å². The summed E-state index contributed by atoms with van der Waals surface area (Å²) in [5, 5.41) is 0. The molecule has 1 heteroatoms. The Morgan fingerprint density at radius 2 is 1.00 bits per heavy atom. The molecule has 1 nitrogen and oxygen atoms in total. The summed E-state index contributed by atoms with van der Waals surface area (Å²) >= 11 is 0. The number of benzene rings is 2. The Bertz CT molecular complexity index is 499.